The number of amides is 1. The van der Waals surface area contributed by atoms with E-state index in [9.17, 15) is 4.79 Å². The first-order valence-corrected chi connectivity index (χ1v) is 7.64. The van der Waals surface area contributed by atoms with Crippen LogP contribution in [0.4, 0.5) is 5.69 Å². The molecule has 0 saturated carbocycles. The summed E-state index contributed by atoms with van der Waals surface area (Å²) >= 11 is 1.64. The molecule has 0 radical (unpaired) electrons. The lowest BCUT2D eigenvalue weighted by molar-refractivity contribution is -0.117. The highest BCUT2D eigenvalue weighted by Crippen LogP contribution is 2.19. The van der Waals surface area contributed by atoms with Crippen LogP contribution in [0.2, 0.25) is 0 Å². The van der Waals surface area contributed by atoms with Crippen LogP contribution in [-0.2, 0) is 4.79 Å². The van der Waals surface area contributed by atoms with Crippen molar-refractivity contribution in [1.29, 1.82) is 5.26 Å². The van der Waals surface area contributed by atoms with E-state index in [4.69, 9.17) is 5.26 Å². The summed E-state index contributed by atoms with van der Waals surface area (Å²) in [6, 6.07) is 9.74. The summed E-state index contributed by atoms with van der Waals surface area (Å²) in [6.07, 6.45) is 4.26. The zero-order valence-corrected chi connectivity index (χ0v) is 12.8. The number of carbonyl (C=O) groups excluding carboxylic acids is 1. The lowest BCUT2D eigenvalue weighted by atomic mass is 10.2. The van der Waals surface area contributed by atoms with Crippen LogP contribution in [0.5, 0.6) is 0 Å². The van der Waals surface area contributed by atoms with Gasteiger partial charge in [0, 0.05) is 22.8 Å². The van der Waals surface area contributed by atoms with Crippen LogP contribution in [0.25, 0.3) is 0 Å². The minimum atomic E-state index is -0.352. The molecular formula is C15H19N3OS. The third kappa shape index (κ3) is 4.98. The van der Waals surface area contributed by atoms with Crippen LogP contribution >= 0.6 is 11.8 Å². The number of hydrogen-bond acceptors (Lipinski definition) is 4. The van der Waals surface area contributed by atoms with E-state index in [1.165, 1.54) is 6.20 Å². The first-order valence-electron chi connectivity index (χ1n) is 6.42. The average molecular weight is 289 g/mol. The van der Waals surface area contributed by atoms with Crippen molar-refractivity contribution in [1.82, 2.24) is 5.32 Å². The van der Waals surface area contributed by atoms with Crippen molar-refractivity contribution >= 4 is 23.4 Å². The SMILES string of the molecule is CCC(C)NC(=O)/C(C#N)=C\Nc1cccc(SC)c1. The summed E-state index contributed by atoms with van der Waals surface area (Å²) in [6.45, 7) is 3.88. The lowest BCUT2D eigenvalue weighted by Gasteiger charge is -2.10. The number of rotatable bonds is 6. The molecule has 0 aliphatic heterocycles. The number of thioether (sulfide) groups is 1. The van der Waals surface area contributed by atoms with Crippen molar-refractivity contribution in [2.75, 3.05) is 11.6 Å². The molecule has 0 bridgehead atoms. The van der Waals surface area contributed by atoms with Gasteiger partial charge in [0.25, 0.3) is 5.91 Å². The molecule has 1 unspecified atom stereocenters. The predicted octanol–water partition coefficient (Wildman–Crippen LogP) is 3.14. The maximum Gasteiger partial charge on any atom is 0.263 e. The van der Waals surface area contributed by atoms with Gasteiger partial charge in [0.15, 0.2) is 0 Å². The van der Waals surface area contributed by atoms with Gasteiger partial charge in [0.1, 0.15) is 11.6 Å². The molecule has 1 amide bonds. The number of carbonyl (C=O) groups is 1. The molecule has 0 spiro atoms. The first-order chi connectivity index (χ1) is 9.60. The second-order valence-electron chi connectivity index (χ2n) is 4.33. The second-order valence-corrected chi connectivity index (χ2v) is 5.21. The van der Waals surface area contributed by atoms with Crippen molar-refractivity contribution in [2.24, 2.45) is 0 Å². The summed E-state index contributed by atoms with van der Waals surface area (Å²) in [7, 11) is 0. The summed E-state index contributed by atoms with van der Waals surface area (Å²) in [4.78, 5) is 13.0. The van der Waals surface area contributed by atoms with Crippen molar-refractivity contribution in [3.05, 3.63) is 36.0 Å². The lowest BCUT2D eigenvalue weighted by Crippen LogP contribution is -2.33. The monoisotopic (exact) mass is 289 g/mol. The van der Waals surface area contributed by atoms with Crippen LogP contribution in [0.15, 0.2) is 40.9 Å². The molecule has 1 rings (SSSR count). The molecule has 20 heavy (non-hydrogen) atoms. The fraction of sp³-hybridized carbons (Fsp3) is 0.333. The van der Waals surface area contributed by atoms with Crippen LogP contribution in [-0.4, -0.2) is 18.2 Å². The van der Waals surface area contributed by atoms with Gasteiger partial charge in [-0.15, -0.1) is 11.8 Å². The van der Waals surface area contributed by atoms with E-state index in [2.05, 4.69) is 10.6 Å². The van der Waals surface area contributed by atoms with E-state index in [1.54, 1.807) is 11.8 Å². The Bertz CT molecular complexity index is 534. The Kier molecular flexibility index (Phi) is 6.68. The zero-order valence-electron chi connectivity index (χ0n) is 11.9. The molecule has 0 fully saturated rings. The molecule has 1 aromatic rings. The fourth-order valence-electron chi connectivity index (χ4n) is 1.42. The molecule has 5 heteroatoms. The molecule has 0 heterocycles. The van der Waals surface area contributed by atoms with Gasteiger partial charge in [-0.05, 0) is 37.8 Å². The Morgan fingerprint density at radius 2 is 2.30 bits per heavy atom. The number of nitriles is 1. The minimum absolute atomic E-state index is 0.0547. The molecule has 106 valence electrons. The van der Waals surface area contributed by atoms with Crippen molar-refractivity contribution in [2.45, 2.75) is 31.2 Å². The third-order valence-electron chi connectivity index (χ3n) is 2.81. The Hall–Kier alpha value is -1.93. The standard InChI is InChI=1S/C15H19N3OS/c1-4-11(2)18-15(19)12(9-16)10-17-13-6-5-7-14(8-13)20-3/h5-8,10-11,17H,4H2,1-3H3,(H,18,19)/b12-10-. The second kappa shape index (κ2) is 8.28. The van der Waals surface area contributed by atoms with Crippen LogP contribution in [0.1, 0.15) is 20.3 Å². The highest BCUT2D eigenvalue weighted by atomic mass is 32.2. The highest BCUT2D eigenvalue weighted by Gasteiger charge is 2.10. The van der Waals surface area contributed by atoms with Crippen molar-refractivity contribution in [3.63, 3.8) is 0 Å². The smallest absolute Gasteiger partial charge is 0.263 e. The number of hydrogen-bond donors (Lipinski definition) is 2. The van der Waals surface area contributed by atoms with E-state index >= 15 is 0 Å². The number of benzene rings is 1. The molecular weight excluding hydrogens is 270 g/mol. The van der Waals surface area contributed by atoms with Gasteiger partial charge in [-0.2, -0.15) is 5.26 Å². The third-order valence-corrected chi connectivity index (χ3v) is 3.53. The van der Waals surface area contributed by atoms with E-state index in [0.29, 0.717) is 0 Å². The molecule has 2 N–H and O–H groups in total. The Balaban J connectivity index is 2.75. The zero-order chi connectivity index (χ0) is 15.0. The predicted molar refractivity (Wildman–Crippen MR) is 83.4 cm³/mol. The Morgan fingerprint density at radius 3 is 2.90 bits per heavy atom. The van der Waals surface area contributed by atoms with E-state index in [1.807, 2.05) is 50.4 Å². The number of nitrogens with one attached hydrogen (secondary N) is 2. The maximum atomic E-state index is 11.8. The van der Waals surface area contributed by atoms with Crippen molar-refractivity contribution < 1.29 is 4.79 Å². The molecule has 1 atom stereocenters. The molecule has 0 saturated heterocycles. The van der Waals surface area contributed by atoms with Crippen LogP contribution in [0, 0.1) is 11.3 Å². The summed E-state index contributed by atoms with van der Waals surface area (Å²) < 4.78 is 0. The van der Waals surface area contributed by atoms with Gasteiger partial charge >= 0.3 is 0 Å². The van der Waals surface area contributed by atoms with Gasteiger partial charge in [-0.3, -0.25) is 4.79 Å². The molecule has 0 aromatic heterocycles. The number of nitrogens with zero attached hydrogens (tertiary/aromatic N) is 1. The largest absolute Gasteiger partial charge is 0.360 e. The molecule has 1 aromatic carbocycles. The van der Waals surface area contributed by atoms with Gasteiger partial charge in [-0.25, -0.2) is 0 Å². The first kappa shape index (κ1) is 16.1. The Morgan fingerprint density at radius 1 is 1.55 bits per heavy atom. The molecule has 0 aliphatic rings. The summed E-state index contributed by atoms with van der Waals surface area (Å²) in [5, 5.41) is 14.8. The van der Waals surface area contributed by atoms with Gasteiger partial charge in [0.2, 0.25) is 0 Å². The average Bonchev–Trinajstić information content (AvgIpc) is 2.47. The van der Waals surface area contributed by atoms with Crippen molar-refractivity contribution in [3.8, 4) is 6.07 Å². The normalized spacial score (nSPS) is 12.4. The van der Waals surface area contributed by atoms with E-state index in [0.717, 1.165) is 17.0 Å². The topological polar surface area (TPSA) is 64.9 Å². The summed E-state index contributed by atoms with van der Waals surface area (Å²) in [5.74, 6) is -0.352. The van der Waals surface area contributed by atoms with Gasteiger partial charge < -0.3 is 10.6 Å². The highest BCUT2D eigenvalue weighted by molar-refractivity contribution is 7.98. The minimum Gasteiger partial charge on any atom is -0.360 e. The summed E-state index contributed by atoms with van der Waals surface area (Å²) in [5.41, 5.74) is 0.917. The maximum absolute atomic E-state index is 11.8. The van der Waals surface area contributed by atoms with Crippen LogP contribution in [0.3, 0.4) is 0 Å². The van der Waals surface area contributed by atoms with Gasteiger partial charge in [-0.1, -0.05) is 13.0 Å². The Labute approximate surface area is 124 Å². The number of anilines is 1. The van der Waals surface area contributed by atoms with E-state index < -0.39 is 0 Å². The van der Waals surface area contributed by atoms with E-state index in [-0.39, 0.29) is 17.5 Å². The van der Waals surface area contributed by atoms with Gasteiger partial charge in [0.05, 0.1) is 0 Å². The van der Waals surface area contributed by atoms with Crippen LogP contribution < -0.4 is 10.6 Å². The molecule has 4 nitrogen and oxygen atoms in total. The molecule has 0 aliphatic carbocycles. The fourth-order valence-corrected chi connectivity index (χ4v) is 1.88. The quantitative estimate of drug-likeness (QED) is 0.480.